The quantitative estimate of drug-likeness (QED) is 0.322. The molecule has 0 saturated heterocycles. The Morgan fingerprint density at radius 1 is 1.16 bits per heavy atom. The van der Waals surface area contributed by atoms with E-state index in [-0.39, 0.29) is 0 Å². The number of aliphatic hydroxyl groups is 1. The van der Waals surface area contributed by atoms with Crippen molar-refractivity contribution in [2.75, 3.05) is 5.32 Å². The number of benzene rings is 2. The third-order valence-electron chi connectivity index (χ3n) is 6.61. The minimum absolute atomic E-state index is 0.433. The number of H-pyrrole nitrogens is 1. The number of aromatic nitrogens is 2. The lowest BCUT2D eigenvalue weighted by molar-refractivity contribution is 0.176. The molecule has 1 aliphatic rings. The third kappa shape index (κ3) is 3.94. The van der Waals surface area contributed by atoms with Gasteiger partial charge in [-0.3, -0.25) is 4.98 Å². The van der Waals surface area contributed by atoms with Crippen LogP contribution < -0.4 is 5.32 Å². The number of nitrogens with zero attached hydrogens (tertiary/aromatic N) is 1. The predicted molar refractivity (Wildman–Crippen MR) is 132 cm³/mol. The molecule has 0 aliphatic heterocycles. The van der Waals surface area contributed by atoms with Crippen LogP contribution in [0.1, 0.15) is 52.5 Å². The molecule has 1 aliphatic carbocycles. The second kappa shape index (κ2) is 8.64. The van der Waals surface area contributed by atoms with Gasteiger partial charge in [0.2, 0.25) is 0 Å². The Bertz CT molecular complexity index is 1290. The molecule has 5 rings (SSSR count). The zero-order valence-electron chi connectivity index (χ0n) is 18.5. The highest BCUT2D eigenvalue weighted by atomic mass is 16.3. The Balaban J connectivity index is 1.24. The van der Waals surface area contributed by atoms with Gasteiger partial charge in [0.25, 0.3) is 0 Å². The lowest BCUT2D eigenvalue weighted by atomic mass is 9.99. The summed E-state index contributed by atoms with van der Waals surface area (Å²) in [5, 5.41) is 14.9. The molecule has 2 aromatic heterocycles. The maximum absolute atomic E-state index is 10.1. The number of anilines is 2. The number of aryl methyl sites for hydroxylation is 3. The van der Waals surface area contributed by atoms with Crippen LogP contribution in [0.2, 0.25) is 0 Å². The standard InChI is InChI=1S/C28H29N3O/c1-3-19-7-10-23-21(17-30-26(23)16-19)6-4-5-20-8-9-22(15-18(20)2)31-25-13-14-29-28-24(25)11-12-27(28)32/h3,7-10,13-17,27,30,32H,1,4-6,11-12H2,2H3,(H,29,31). The number of aliphatic hydroxyl groups excluding tert-OH is 1. The topological polar surface area (TPSA) is 60.9 Å². The van der Waals surface area contributed by atoms with E-state index in [0.717, 1.165) is 60.3 Å². The Labute approximate surface area is 189 Å². The molecule has 4 aromatic rings. The van der Waals surface area contributed by atoms with E-state index in [9.17, 15) is 5.11 Å². The van der Waals surface area contributed by atoms with Crippen LogP contribution in [-0.4, -0.2) is 15.1 Å². The number of hydrogen-bond acceptors (Lipinski definition) is 3. The molecule has 2 aromatic carbocycles. The minimum atomic E-state index is -0.433. The van der Waals surface area contributed by atoms with Crippen LogP contribution in [0.25, 0.3) is 17.0 Å². The fourth-order valence-electron chi connectivity index (χ4n) is 4.81. The van der Waals surface area contributed by atoms with Gasteiger partial charge in [0, 0.05) is 34.7 Å². The summed E-state index contributed by atoms with van der Waals surface area (Å²) in [5.41, 5.74) is 10.5. The van der Waals surface area contributed by atoms with E-state index in [1.165, 1.54) is 27.6 Å². The van der Waals surface area contributed by atoms with Gasteiger partial charge in [0.1, 0.15) is 0 Å². The van der Waals surface area contributed by atoms with E-state index >= 15 is 0 Å². The van der Waals surface area contributed by atoms with E-state index in [1.54, 1.807) is 6.20 Å². The first-order valence-corrected chi connectivity index (χ1v) is 11.4. The van der Waals surface area contributed by atoms with Gasteiger partial charge in [-0.05, 0) is 91.1 Å². The average Bonchev–Trinajstić information content (AvgIpc) is 3.39. The average molecular weight is 424 g/mol. The van der Waals surface area contributed by atoms with Crippen LogP contribution in [-0.2, 0) is 19.3 Å². The highest BCUT2D eigenvalue weighted by Crippen LogP contribution is 2.35. The van der Waals surface area contributed by atoms with Crippen LogP contribution in [0.3, 0.4) is 0 Å². The van der Waals surface area contributed by atoms with Crippen molar-refractivity contribution in [2.24, 2.45) is 0 Å². The van der Waals surface area contributed by atoms with Crippen molar-refractivity contribution in [1.82, 2.24) is 9.97 Å². The fraction of sp³-hybridized carbons (Fsp3) is 0.250. The summed E-state index contributed by atoms with van der Waals surface area (Å²) >= 11 is 0. The van der Waals surface area contributed by atoms with Crippen molar-refractivity contribution in [2.45, 2.75) is 45.1 Å². The molecule has 0 fully saturated rings. The zero-order valence-corrected chi connectivity index (χ0v) is 18.5. The van der Waals surface area contributed by atoms with Crippen LogP contribution >= 0.6 is 0 Å². The molecule has 2 heterocycles. The molecule has 162 valence electrons. The third-order valence-corrected chi connectivity index (χ3v) is 6.61. The van der Waals surface area contributed by atoms with Crippen LogP contribution in [0, 0.1) is 6.92 Å². The monoisotopic (exact) mass is 423 g/mol. The molecule has 0 bridgehead atoms. The normalized spacial score (nSPS) is 15.1. The molecule has 0 radical (unpaired) electrons. The minimum Gasteiger partial charge on any atom is -0.387 e. The molecule has 4 heteroatoms. The van der Waals surface area contributed by atoms with E-state index in [2.05, 4.69) is 71.4 Å². The maximum atomic E-state index is 10.1. The molecule has 1 unspecified atom stereocenters. The number of aromatic amines is 1. The summed E-state index contributed by atoms with van der Waals surface area (Å²) < 4.78 is 0. The Morgan fingerprint density at radius 3 is 2.88 bits per heavy atom. The van der Waals surface area contributed by atoms with E-state index in [4.69, 9.17) is 0 Å². The Kier molecular flexibility index (Phi) is 5.54. The molecule has 4 nitrogen and oxygen atoms in total. The molecular formula is C28H29N3O. The number of rotatable bonds is 7. The lowest BCUT2D eigenvalue weighted by Gasteiger charge is -2.13. The van der Waals surface area contributed by atoms with Gasteiger partial charge in [-0.25, -0.2) is 0 Å². The van der Waals surface area contributed by atoms with Crippen molar-refractivity contribution in [3.63, 3.8) is 0 Å². The number of nitrogens with one attached hydrogen (secondary N) is 2. The van der Waals surface area contributed by atoms with Gasteiger partial charge in [0.05, 0.1) is 11.8 Å². The van der Waals surface area contributed by atoms with Gasteiger partial charge in [0.15, 0.2) is 0 Å². The first-order valence-electron chi connectivity index (χ1n) is 11.4. The second-order valence-corrected chi connectivity index (χ2v) is 8.72. The summed E-state index contributed by atoms with van der Waals surface area (Å²) in [6.07, 6.45) is 10.2. The van der Waals surface area contributed by atoms with Gasteiger partial charge < -0.3 is 15.4 Å². The molecule has 0 spiro atoms. The molecular weight excluding hydrogens is 394 g/mol. The Hall–Kier alpha value is -3.37. The molecule has 0 saturated carbocycles. The number of pyridine rings is 1. The molecule has 1 atom stereocenters. The van der Waals surface area contributed by atoms with Gasteiger partial charge in [-0.15, -0.1) is 0 Å². The van der Waals surface area contributed by atoms with Gasteiger partial charge >= 0.3 is 0 Å². The van der Waals surface area contributed by atoms with Crippen molar-refractivity contribution in [3.05, 3.63) is 94.9 Å². The van der Waals surface area contributed by atoms with Crippen molar-refractivity contribution < 1.29 is 5.11 Å². The van der Waals surface area contributed by atoms with Crippen LogP contribution in [0.15, 0.2) is 61.4 Å². The van der Waals surface area contributed by atoms with E-state index in [0.29, 0.717) is 0 Å². The summed E-state index contributed by atoms with van der Waals surface area (Å²) in [5.74, 6) is 0. The number of fused-ring (bicyclic) bond motifs is 2. The molecule has 32 heavy (non-hydrogen) atoms. The van der Waals surface area contributed by atoms with Crippen LogP contribution in [0.4, 0.5) is 11.4 Å². The first-order chi connectivity index (χ1) is 15.6. The van der Waals surface area contributed by atoms with Crippen LogP contribution in [0.5, 0.6) is 0 Å². The Morgan fingerprint density at radius 2 is 2.03 bits per heavy atom. The van der Waals surface area contributed by atoms with E-state index in [1.807, 2.05) is 12.1 Å². The summed E-state index contributed by atoms with van der Waals surface area (Å²) in [7, 11) is 0. The smallest absolute Gasteiger partial charge is 0.0966 e. The van der Waals surface area contributed by atoms with Crippen molar-refractivity contribution in [1.29, 1.82) is 0 Å². The van der Waals surface area contributed by atoms with Crippen molar-refractivity contribution >= 4 is 28.4 Å². The number of hydrogen-bond donors (Lipinski definition) is 3. The van der Waals surface area contributed by atoms with Crippen molar-refractivity contribution in [3.8, 4) is 0 Å². The maximum Gasteiger partial charge on any atom is 0.0966 e. The zero-order chi connectivity index (χ0) is 22.1. The largest absolute Gasteiger partial charge is 0.387 e. The fourth-order valence-corrected chi connectivity index (χ4v) is 4.81. The molecule has 3 N–H and O–H groups in total. The highest BCUT2D eigenvalue weighted by molar-refractivity contribution is 5.85. The summed E-state index contributed by atoms with van der Waals surface area (Å²) in [6.45, 7) is 6.04. The first kappa shape index (κ1) is 20.5. The predicted octanol–water partition coefficient (Wildman–Crippen LogP) is 6.41. The molecule has 0 amide bonds. The van der Waals surface area contributed by atoms with Gasteiger partial charge in [-0.2, -0.15) is 0 Å². The van der Waals surface area contributed by atoms with Gasteiger partial charge in [-0.1, -0.05) is 30.9 Å². The second-order valence-electron chi connectivity index (χ2n) is 8.72. The SMILES string of the molecule is C=Cc1ccc2c(CCCc3ccc(Nc4ccnc5c4CCC5O)cc3C)c[nH]c2c1. The summed E-state index contributed by atoms with van der Waals surface area (Å²) in [4.78, 5) is 7.76. The highest BCUT2D eigenvalue weighted by Gasteiger charge is 2.24. The lowest BCUT2D eigenvalue weighted by Crippen LogP contribution is -2.00. The van der Waals surface area contributed by atoms with E-state index < -0.39 is 6.10 Å². The summed E-state index contributed by atoms with van der Waals surface area (Å²) in [6, 6.07) is 15.1.